The number of aromatic amines is 1. The van der Waals surface area contributed by atoms with Crippen molar-refractivity contribution in [3.05, 3.63) is 53.3 Å². The van der Waals surface area contributed by atoms with Crippen LogP contribution in [0.2, 0.25) is 0 Å². The number of aliphatic carboxylic acids is 1. The normalized spacial score (nSPS) is 11.9. The van der Waals surface area contributed by atoms with Crippen LogP contribution in [-0.2, 0) is 16.0 Å². The van der Waals surface area contributed by atoms with Crippen LogP contribution < -0.4 is 5.32 Å². The van der Waals surface area contributed by atoms with Crippen molar-refractivity contribution in [2.24, 2.45) is 0 Å². The number of H-pyrrole nitrogens is 1. The van der Waals surface area contributed by atoms with Gasteiger partial charge in [0.25, 0.3) is 0 Å². The molecule has 0 aliphatic carbocycles. The van der Waals surface area contributed by atoms with Gasteiger partial charge in [0.15, 0.2) is 6.04 Å². The Hall–Kier alpha value is -2.63. The molecule has 0 aliphatic rings. The van der Waals surface area contributed by atoms with E-state index < -0.39 is 12.0 Å². The van der Waals surface area contributed by atoms with Crippen LogP contribution in [0.1, 0.15) is 35.6 Å². The minimum absolute atomic E-state index is 0.266. The molecular weight excluding hydrogens is 282 g/mol. The molecule has 0 saturated carbocycles. The van der Waals surface area contributed by atoms with Gasteiger partial charge >= 0.3 is 5.97 Å². The van der Waals surface area contributed by atoms with Crippen LogP contribution in [-0.4, -0.2) is 27.2 Å². The average molecular weight is 301 g/mol. The van der Waals surface area contributed by atoms with Gasteiger partial charge in [0, 0.05) is 12.6 Å². The molecule has 1 amide bonds. The van der Waals surface area contributed by atoms with Crippen LogP contribution in [0.25, 0.3) is 0 Å². The summed E-state index contributed by atoms with van der Waals surface area (Å²) in [4.78, 5) is 23.3. The third-order valence-corrected chi connectivity index (χ3v) is 3.35. The highest BCUT2D eigenvalue weighted by atomic mass is 16.4. The van der Waals surface area contributed by atoms with Crippen LogP contribution in [0.4, 0.5) is 0 Å². The second kappa shape index (κ2) is 7.40. The Morgan fingerprint density at radius 3 is 2.86 bits per heavy atom. The van der Waals surface area contributed by atoms with E-state index in [2.05, 4.69) is 15.5 Å². The van der Waals surface area contributed by atoms with E-state index in [0.29, 0.717) is 12.0 Å². The maximum Gasteiger partial charge on any atom is 0.330 e. The second-order valence-electron chi connectivity index (χ2n) is 5.21. The number of aryl methyl sites for hydroxylation is 2. The summed E-state index contributed by atoms with van der Waals surface area (Å²) in [7, 11) is 0. The maximum atomic E-state index is 11.9. The fourth-order valence-corrected chi connectivity index (χ4v) is 2.24. The minimum Gasteiger partial charge on any atom is -0.479 e. The Balaban J connectivity index is 1.90. The Morgan fingerprint density at radius 1 is 1.41 bits per heavy atom. The monoisotopic (exact) mass is 301 g/mol. The first-order valence-electron chi connectivity index (χ1n) is 7.12. The predicted octanol–water partition coefficient (Wildman–Crippen LogP) is 1.98. The first kappa shape index (κ1) is 15.8. The van der Waals surface area contributed by atoms with Crippen molar-refractivity contribution in [2.75, 3.05) is 0 Å². The molecule has 0 radical (unpaired) electrons. The number of amides is 1. The number of benzene rings is 1. The maximum absolute atomic E-state index is 11.9. The molecule has 1 atom stereocenters. The molecule has 6 heteroatoms. The van der Waals surface area contributed by atoms with Crippen molar-refractivity contribution in [2.45, 2.75) is 32.2 Å². The van der Waals surface area contributed by atoms with Gasteiger partial charge in [-0.1, -0.05) is 29.8 Å². The van der Waals surface area contributed by atoms with Crippen molar-refractivity contribution >= 4 is 11.9 Å². The highest BCUT2D eigenvalue weighted by Crippen LogP contribution is 2.15. The average Bonchev–Trinajstić information content (AvgIpc) is 2.97. The van der Waals surface area contributed by atoms with Crippen LogP contribution in [0, 0.1) is 6.92 Å². The summed E-state index contributed by atoms with van der Waals surface area (Å²) in [5.74, 6) is -1.33. The topological polar surface area (TPSA) is 95.1 Å². The standard InChI is InChI=1S/C16H19N3O3/c1-11-4-2-6-13(8-11)15(16(21)22)19-14(20)7-3-5-12-9-17-18-10-12/h2,4,6,8-10,15H,3,5,7H2,1H3,(H,17,18)(H,19,20)(H,21,22)/t15-/m0/s1. The van der Waals surface area contributed by atoms with E-state index in [1.807, 2.05) is 13.0 Å². The summed E-state index contributed by atoms with van der Waals surface area (Å²) >= 11 is 0. The van der Waals surface area contributed by atoms with Gasteiger partial charge < -0.3 is 10.4 Å². The van der Waals surface area contributed by atoms with E-state index in [4.69, 9.17) is 0 Å². The Kier molecular flexibility index (Phi) is 5.30. The van der Waals surface area contributed by atoms with E-state index in [-0.39, 0.29) is 12.3 Å². The van der Waals surface area contributed by atoms with Crippen molar-refractivity contribution < 1.29 is 14.7 Å². The molecule has 0 unspecified atom stereocenters. The van der Waals surface area contributed by atoms with Crippen LogP contribution in [0.15, 0.2) is 36.7 Å². The van der Waals surface area contributed by atoms with E-state index in [9.17, 15) is 14.7 Å². The van der Waals surface area contributed by atoms with Crippen molar-refractivity contribution in [3.8, 4) is 0 Å². The van der Waals surface area contributed by atoms with E-state index >= 15 is 0 Å². The third-order valence-electron chi connectivity index (χ3n) is 3.35. The number of carboxylic acids is 1. The largest absolute Gasteiger partial charge is 0.479 e. The van der Waals surface area contributed by atoms with Crippen LogP contribution >= 0.6 is 0 Å². The van der Waals surface area contributed by atoms with Gasteiger partial charge in [-0.15, -0.1) is 0 Å². The molecule has 116 valence electrons. The Labute approximate surface area is 128 Å². The van der Waals surface area contributed by atoms with Gasteiger partial charge in [0.1, 0.15) is 0 Å². The number of carbonyl (C=O) groups excluding carboxylic acids is 1. The zero-order valence-electron chi connectivity index (χ0n) is 12.4. The molecule has 22 heavy (non-hydrogen) atoms. The van der Waals surface area contributed by atoms with Gasteiger partial charge in [-0.3, -0.25) is 9.89 Å². The van der Waals surface area contributed by atoms with Crippen molar-refractivity contribution in [1.29, 1.82) is 0 Å². The summed E-state index contributed by atoms with van der Waals surface area (Å²) in [5.41, 5.74) is 2.56. The lowest BCUT2D eigenvalue weighted by Crippen LogP contribution is -2.33. The Morgan fingerprint density at radius 2 is 2.23 bits per heavy atom. The number of nitrogens with zero attached hydrogens (tertiary/aromatic N) is 1. The number of carboxylic acid groups (broad SMARTS) is 1. The lowest BCUT2D eigenvalue weighted by Gasteiger charge is -2.15. The molecule has 0 saturated heterocycles. The number of hydrogen-bond donors (Lipinski definition) is 3. The van der Waals surface area contributed by atoms with Gasteiger partial charge in [0.05, 0.1) is 6.20 Å². The first-order chi connectivity index (χ1) is 10.6. The zero-order chi connectivity index (χ0) is 15.9. The molecule has 6 nitrogen and oxygen atoms in total. The quantitative estimate of drug-likeness (QED) is 0.728. The highest BCUT2D eigenvalue weighted by Gasteiger charge is 2.21. The van der Waals surface area contributed by atoms with E-state index in [1.165, 1.54) is 0 Å². The first-order valence-corrected chi connectivity index (χ1v) is 7.12. The molecule has 2 rings (SSSR count). The number of rotatable bonds is 7. The molecule has 1 aromatic heterocycles. The molecule has 2 aromatic rings. The number of hydrogen-bond acceptors (Lipinski definition) is 3. The van der Waals surface area contributed by atoms with Gasteiger partial charge in [-0.05, 0) is 30.9 Å². The van der Waals surface area contributed by atoms with Gasteiger partial charge in [-0.2, -0.15) is 5.10 Å². The molecule has 0 spiro atoms. The third kappa shape index (κ3) is 4.44. The fraction of sp³-hybridized carbons (Fsp3) is 0.312. The minimum atomic E-state index is -1.06. The summed E-state index contributed by atoms with van der Waals surface area (Å²) in [6, 6.07) is 6.13. The summed E-state index contributed by atoms with van der Waals surface area (Å²) in [6.07, 6.45) is 5.15. The lowest BCUT2D eigenvalue weighted by molar-refractivity contribution is -0.142. The number of carbonyl (C=O) groups is 2. The molecule has 1 heterocycles. The summed E-state index contributed by atoms with van der Waals surface area (Å²) < 4.78 is 0. The SMILES string of the molecule is Cc1cccc([C@H](NC(=O)CCCc2cn[nH]c2)C(=O)O)c1. The molecule has 0 fully saturated rings. The van der Waals surface area contributed by atoms with E-state index in [0.717, 1.165) is 17.5 Å². The van der Waals surface area contributed by atoms with Gasteiger partial charge in [0.2, 0.25) is 5.91 Å². The molecular formula is C16H19N3O3. The summed E-state index contributed by atoms with van der Waals surface area (Å²) in [6.45, 7) is 1.88. The van der Waals surface area contributed by atoms with Crippen LogP contribution in [0.5, 0.6) is 0 Å². The smallest absolute Gasteiger partial charge is 0.330 e. The van der Waals surface area contributed by atoms with Crippen molar-refractivity contribution in [1.82, 2.24) is 15.5 Å². The zero-order valence-corrected chi connectivity index (χ0v) is 12.4. The Bertz CT molecular complexity index is 638. The molecule has 3 N–H and O–H groups in total. The fourth-order valence-electron chi connectivity index (χ4n) is 2.24. The molecule has 0 aliphatic heterocycles. The predicted molar refractivity (Wildman–Crippen MR) is 81.2 cm³/mol. The molecule has 1 aromatic carbocycles. The highest BCUT2D eigenvalue weighted by molar-refractivity contribution is 5.84. The number of aromatic nitrogens is 2. The van der Waals surface area contributed by atoms with Crippen molar-refractivity contribution in [3.63, 3.8) is 0 Å². The number of nitrogens with one attached hydrogen (secondary N) is 2. The second-order valence-corrected chi connectivity index (χ2v) is 5.21. The van der Waals surface area contributed by atoms with Crippen LogP contribution in [0.3, 0.4) is 0 Å². The summed E-state index contributed by atoms with van der Waals surface area (Å²) in [5, 5.41) is 18.4. The lowest BCUT2D eigenvalue weighted by atomic mass is 10.0. The van der Waals surface area contributed by atoms with E-state index in [1.54, 1.807) is 30.6 Å². The van der Waals surface area contributed by atoms with Gasteiger partial charge in [-0.25, -0.2) is 4.79 Å². The molecule has 0 bridgehead atoms.